The van der Waals surface area contributed by atoms with Crippen molar-refractivity contribution in [1.29, 1.82) is 0 Å². The highest BCUT2D eigenvalue weighted by Crippen LogP contribution is 2.15. The largest absolute Gasteiger partial charge is 0.371 e. The third kappa shape index (κ3) is 3.03. The summed E-state index contributed by atoms with van der Waals surface area (Å²) < 4.78 is 1.71. The van der Waals surface area contributed by atoms with E-state index in [4.69, 9.17) is 0 Å². The predicted octanol–water partition coefficient (Wildman–Crippen LogP) is 1.25. The molecule has 0 aliphatic carbocycles. The van der Waals surface area contributed by atoms with Gasteiger partial charge in [-0.1, -0.05) is 30.3 Å². The van der Waals surface area contributed by atoms with Crippen LogP contribution < -0.4 is 10.6 Å². The first-order valence-electron chi connectivity index (χ1n) is 6.20. The number of rotatable bonds is 4. The molecule has 0 unspecified atom stereocenters. The minimum atomic E-state index is -0.463. The van der Waals surface area contributed by atoms with E-state index in [0.717, 1.165) is 5.56 Å². The zero-order valence-corrected chi connectivity index (χ0v) is 11.4. The summed E-state index contributed by atoms with van der Waals surface area (Å²) >= 11 is 0. The summed E-state index contributed by atoms with van der Waals surface area (Å²) in [6, 6.07) is 9.72. The lowest BCUT2D eigenvalue weighted by molar-refractivity contribution is -0.118. The summed E-state index contributed by atoms with van der Waals surface area (Å²) in [4.78, 5) is 27.2. The van der Waals surface area contributed by atoms with Gasteiger partial charge < -0.3 is 9.88 Å². The second-order valence-corrected chi connectivity index (χ2v) is 4.32. The molecule has 1 heterocycles. The lowest BCUT2D eigenvalue weighted by Crippen LogP contribution is -2.30. The topological polar surface area (TPSA) is 76.0 Å². The molecule has 2 rings (SSSR count). The summed E-state index contributed by atoms with van der Waals surface area (Å²) in [5.41, 5.74) is 1.39. The van der Waals surface area contributed by atoms with Crippen molar-refractivity contribution in [1.82, 2.24) is 14.9 Å². The number of carbonyl (C=O) groups is 2. The average Bonchev–Trinajstić information content (AvgIpc) is 2.82. The van der Waals surface area contributed by atoms with Crippen LogP contribution in [-0.4, -0.2) is 28.4 Å². The quantitative estimate of drug-likeness (QED) is 0.878. The smallest absolute Gasteiger partial charge is 0.278 e. The highest BCUT2D eigenvalue weighted by atomic mass is 16.2. The van der Waals surface area contributed by atoms with Gasteiger partial charge in [0.2, 0.25) is 5.91 Å². The summed E-state index contributed by atoms with van der Waals surface area (Å²) in [5.74, 6) is -0.417. The van der Waals surface area contributed by atoms with Gasteiger partial charge >= 0.3 is 0 Å². The van der Waals surface area contributed by atoms with Crippen molar-refractivity contribution in [3.05, 3.63) is 47.9 Å². The predicted molar refractivity (Wildman–Crippen MR) is 75.5 cm³/mol. The van der Waals surface area contributed by atoms with E-state index < -0.39 is 11.8 Å². The molecule has 1 aromatic carbocycles. The van der Waals surface area contributed by atoms with E-state index in [1.54, 1.807) is 17.9 Å². The van der Waals surface area contributed by atoms with Crippen molar-refractivity contribution in [2.45, 2.75) is 13.5 Å². The Morgan fingerprint density at radius 3 is 2.55 bits per heavy atom. The van der Waals surface area contributed by atoms with E-state index in [9.17, 15) is 9.59 Å². The first kappa shape index (κ1) is 13.8. The van der Waals surface area contributed by atoms with Gasteiger partial charge in [0.05, 0.1) is 6.33 Å². The summed E-state index contributed by atoms with van der Waals surface area (Å²) in [6.07, 6.45) is 1.58. The number of hydrogen-bond donors (Lipinski definition) is 2. The van der Waals surface area contributed by atoms with Crippen LogP contribution in [-0.2, 0) is 11.3 Å². The molecule has 0 aliphatic heterocycles. The number of hydrogen-bond acceptors (Lipinski definition) is 4. The van der Waals surface area contributed by atoms with Crippen LogP contribution in [0.2, 0.25) is 0 Å². The van der Waals surface area contributed by atoms with Crippen molar-refractivity contribution in [3.63, 3.8) is 0 Å². The first-order chi connectivity index (χ1) is 9.61. The molecule has 0 aliphatic rings. The molecule has 2 N–H and O–H groups in total. The third-order valence-electron chi connectivity index (χ3n) is 2.77. The maximum absolute atomic E-state index is 12.1. The SMILES string of the molecule is CNc1ncn(Cc2ccccc2)c1C(=O)NC(C)=O. The summed E-state index contributed by atoms with van der Waals surface area (Å²) in [5, 5.41) is 5.12. The van der Waals surface area contributed by atoms with Crippen LogP contribution in [0.4, 0.5) is 5.82 Å². The average molecular weight is 272 g/mol. The fourth-order valence-corrected chi connectivity index (χ4v) is 1.92. The van der Waals surface area contributed by atoms with E-state index in [1.165, 1.54) is 6.92 Å². The molecule has 2 aromatic rings. The first-order valence-corrected chi connectivity index (χ1v) is 6.20. The Morgan fingerprint density at radius 2 is 1.95 bits per heavy atom. The van der Waals surface area contributed by atoms with E-state index in [0.29, 0.717) is 18.1 Å². The monoisotopic (exact) mass is 272 g/mol. The van der Waals surface area contributed by atoms with Crippen molar-refractivity contribution < 1.29 is 9.59 Å². The van der Waals surface area contributed by atoms with Crippen LogP contribution in [0.25, 0.3) is 0 Å². The number of nitrogens with one attached hydrogen (secondary N) is 2. The zero-order valence-electron chi connectivity index (χ0n) is 11.4. The molecule has 0 saturated heterocycles. The van der Waals surface area contributed by atoms with Crippen molar-refractivity contribution in [3.8, 4) is 0 Å². The Bertz CT molecular complexity index is 619. The highest BCUT2D eigenvalue weighted by molar-refractivity contribution is 6.05. The number of imide groups is 1. The van der Waals surface area contributed by atoms with Crippen LogP contribution in [0, 0.1) is 0 Å². The van der Waals surface area contributed by atoms with Gasteiger partial charge in [0.15, 0.2) is 11.5 Å². The molecule has 0 saturated carbocycles. The number of amides is 2. The zero-order chi connectivity index (χ0) is 14.5. The minimum absolute atomic E-state index is 0.339. The van der Waals surface area contributed by atoms with Crippen molar-refractivity contribution in [2.75, 3.05) is 12.4 Å². The Hall–Kier alpha value is -2.63. The molecule has 2 amide bonds. The van der Waals surface area contributed by atoms with Gasteiger partial charge in [-0.25, -0.2) is 4.98 Å². The molecule has 0 bridgehead atoms. The Morgan fingerprint density at radius 1 is 1.25 bits per heavy atom. The number of anilines is 1. The van der Waals surface area contributed by atoms with Gasteiger partial charge in [-0.3, -0.25) is 14.9 Å². The number of nitrogens with zero attached hydrogens (tertiary/aromatic N) is 2. The van der Waals surface area contributed by atoms with Crippen molar-refractivity contribution >= 4 is 17.6 Å². The van der Waals surface area contributed by atoms with E-state index in [-0.39, 0.29) is 0 Å². The van der Waals surface area contributed by atoms with E-state index in [1.807, 2.05) is 30.3 Å². The Balaban J connectivity index is 2.32. The van der Waals surface area contributed by atoms with Crippen LogP contribution in [0.5, 0.6) is 0 Å². The van der Waals surface area contributed by atoms with Gasteiger partial charge in [0.25, 0.3) is 5.91 Å². The van der Waals surface area contributed by atoms with E-state index >= 15 is 0 Å². The molecule has 0 fully saturated rings. The Kier molecular flexibility index (Phi) is 4.14. The molecule has 0 spiro atoms. The minimum Gasteiger partial charge on any atom is -0.371 e. The number of aromatic nitrogens is 2. The second kappa shape index (κ2) is 6.01. The van der Waals surface area contributed by atoms with E-state index in [2.05, 4.69) is 15.6 Å². The number of benzene rings is 1. The number of imidazole rings is 1. The van der Waals surface area contributed by atoms with Crippen LogP contribution >= 0.6 is 0 Å². The van der Waals surface area contributed by atoms with Gasteiger partial charge in [-0.05, 0) is 5.56 Å². The molecule has 1 aromatic heterocycles. The fourth-order valence-electron chi connectivity index (χ4n) is 1.92. The van der Waals surface area contributed by atoms with Gasteiger partial charge in [0.1, 0.15) is 0 Å². The standard InChI is InChI=1S/C14H16N4O2/c1-10(19)17-14(20)12-13(15-2)16-9-18(12)8-11-6-4-3-5-7-11/h3-7,9,15H,8H2,1-2H3,(H,17,19,20). The van der Waals surface area contributed by atoms with Gasteiger partial charge in [-0.15, -0.1) is 0 Å². The molecule has 20 heavy (non-hydrogen) atoms. The summed E-state index contributed by atoms with van der Waals surface area (Å²) in [7, 11) is 1.68. The molecular formula is C14H16N4O2. The third-order valence-corrected chi connectivity index (χ3v) is 2.77. The molecule has 6 heteroatoms. The van der Waals surface area contributed by atoms with Crippen LogP contribution in [0.3, 0.4) is 0 Å². The van der Waals surface area contributed by atoms with Crippen LogP contribution in [0.1, 0.15) is 23.0 Å². The fraction of sp³-hybridized carbons (Fsp3) is 0.214. The molecule has 0 atom stereocenters. The molecule has 6 nitrogen and oxygen atoms in total. The summed E-state index contributed by atoms with van der Waals surface area (Å²) in [6.45, 7) is 1.81. The molecular weight excluding hydrogens is 256 g/mol. The van der Waals surface area contributed by atoms with Gasteiger partial charge in [-0.2, -0.15) is 0 Å². The lowest BCUT2D eigenvalue weighted by atomic mass is 10.2. The normalized spacial score (nSPS) is 10.1. The van der Waals surface area contributed by atoms with Gasteiger partial charge in [0, 0.05) is 20.5 Å². The number of carbonyl (C=O) groups excluding carboxylic acids is 2. The van der Waals surface area contributed by atoms with Crippen molar-refractivity contribution in [2.24, 2.45) is 0 Å². The Labute approximate surface area is 116 Å². The molecule has 0 radical (unpaired) electrons. The maximum Gasteiger partial charge on any atom is 0.278 e. The highest BCUT2D eigenvalue weighted by Gasteiger charge is 2.19. The second-order valence-electron chi connectivity index (χ2n) is 4.32. The lowest BCUT2D eigenvalue weighted by Gasteiger charge is -2.09. The van der Waals surface area contributed by atoms with Crippen LogP contribution in [0.15, 0.2) is 36.7 Å². The maximum atomic E-state index is 12.1. The molecule has 104 valence electrons.